The lowest BCUT2D eigenvalue weighted by atomic mass is 10.2. The maximum absolute atomic E-state index is 12.5. The van der Waals surface area contributed by atoms with Gasteiger partial charge in [-0.3, -0.25) is 13.7 Å². The molecule has 19 heteroatoms. The summed E-state index contributed by atoms with van der Waals surface area (Å²) >= 11 is 0. The van der Waals surface area contributed by atoms with Crippen LogP contribution in [0.1, 0.15) is 0 Å². The highest BCUT2D eigenvalue weighted by molar-refractivity contribution is 7.91. The van der Waals surface area contributed by atoms with Crippen LogP contribution in [-0.4, -0.2) is 73.8 Å². The molecule has 0 amide bonds. The monoisotopic (exact) mass is 573 g/mol. The van der Waals surface area contributed by atoms with Gasteiger partial charge in [0, 0.05) is 14.1 Å². The topological polar surface area (TPSA) is 234 Å². The number of hydrogen-bond acceptors (Lipinski definition) is 12. The van der Waals surface area contributed by atoms with Crippen LogP contribution >= 0.6 is 0 Å². The van der Waals surface area contributed by atoms with Crippen molar-refractivity contribution in [2.75, 3.05) is 31.4 Å². The molecule has 0 aliphatic heterocycles. The van der Waals surface area contributed by atoms with E-state index in [0.29, 0.717) is 12.1 Å². The van der Waals surface area contributed by atoms with Crippen LogP contribution in [0.2, 0.25) is 0 Å². The van der Waals surface area contributed by atoms with Gasteiger partial charge in [0.15, 0.2) is 9.84 Å². The highest BCUT2D eigenvalue weighted by Crippen LogP contribution is 2.37. The van der Waals surface area contributed by atoms with Crippen molar-refractivity contribution in [3.63, 3.8) is 0 Å². The molecule has 2 aromatic rings. The molecule has 0 saturated carbocycles. The lowest BCUT2D eigenvalue weighted by molar-refractivity contribution is 0.284. The fourth-order valence-corrected chi connectivity index (χ4v) is 5.39. The standard InChI is InChI=1S/C16H19N3O12S4/c1-19(2)13-4-3-5-15(34(25,26)27)16(13)18-17-12-10-11(6-7-14(12)33(22,23)24)32(20,21)9-8-31-35(28,29)30/h3-7,10H,8-9H2,1-2H3,(H,22,23,24)(H,25,26,27)(H,28,29,30). The van der Waals surface area contributed by atoms with E-state index in [1.165, 1.54) is 31.1 Å². The van der Waals surface area contributed by atoms with Gasteiger partial charge in [0.1, 0.15) is 21.2 Å². The molecule has 15 nitrogen and oxygen atoms in total. The summed E-state index contributed by atoms with van der Waals surface area (Å²) in [5, 5.41) is 7.30. The Morgan fingerprint density at radius 2 is 1.43 bits per heavy atom. The summed E-state index contributed by atoms with van der Waals surface area (Å²) in [5.41, 5.74) is -1.02. The van der Waals surface area contributed by atoms with Gasteiger partial charge in [-0.05, 0) is 30.3 Å². The van der Waals surface area contributed by atoms with Crippen molar-refractivity contribution in [3.8, 4) is 0 Å². The zero-order valence-corrected chi connectivity index (χ0v) is 21.1. The molecule has 35 heavy (non-hydrogen) atoms. The van der Waals surface area contributed by atoms with E-state index >= 15 is 0 Å². The Morgan fingerprint density at radius 3 is 1.94 bits per heavy atom. The van der Waals surface area contributed by atoms with Crippen molar-refractivity contribution in [2.24, 2.45) is 10.2 Å². The molecule has 0 aliphatic rings. The van der Waals surface area contributed by atoms with E-state index in [1.54, 1.807) is 0 Å². The maximum Gasteiger partial charge on any atom is 0.397 e. The summed E-state index contributed by atoms with van der Waals surface area (Å²) in [6.45, 7) is -0.966. The van der Waals surface area contributed by atoms with Crippen LogP contribution in [0.3, 0.4) is 0 Å². The van der Waals surface area contributed by atoms with E-state index < -0.39 is 78.9 Å². The first kappa shape index (κ1) is 28.7. The SMILES string of the molecule is CN(C)c1cccc(S(=O)(=O)O)c1N=Nc1cc(S(=O)(=O)CCOS(=O)(=O)O)ccc1S(=O)(=O)O. The Balaban J connectivity index is 2.67. The van der Waals surface area contributed by atoms with Crippen molar-refractivity contribution in [2.45, 2.75) is 14.7 Å². The van der Waals surface area contributed by atoms with Crippen molar-refractivity contribution in [3.05, 3.63) is 36.4 Å². The minimum absolute atomic E-state index is 0.128. The number of azo groups is 1. The van der Waals surface area contributed by atoms with Crippen LogP contribution < -0.4 is 4.90 Å². The van der Waals surface area contributed by atoms with Crippen LogP contribution in [0.15, 0.2) is 61.3 Å². The Labute approximate surface area is 201 Å². The molecule has 0 aliphatic carbocycles. The fourth-order valence-electron chi connectivity index (χ4n) is 2.64. The Bertz CT molecular complexity index is 1580. The number of benzene rings is 2. The van der Waals surface area contributed by atoms with Gasteiger partial charge < -0.3 is 4.90 Å². The molecular formula is C16H19N3O12S4. The summed E-state index contributed by atoms with van der Waals surface area (Å²) in [6, 6.07) is 5.84. The molecule has 2 aromatic carbocycles. The second-order valence-corrected chi connectivity index (χ2v) is 12.8. The lowest BCUT2D eigenvalue weighted by Gasteiger charge is -2.16. The summed E-state index contributed by atoms with van der Waals surface area (Å²) < 4.78 is 125. The summed E-state index contributed by atoms with van der Waals surface area (Å²) in [7, 11) is -16.0. The van der Waals surface area contributed by atoms with Gasteiger partial charge in [-0.2, -0.15) is 25.3 Å². The van der Waals surface area contributed by atoms with E-state index in [4.69, 9.17) is 4.55 Å². The molecule has 0 aromatic heterocycles. The van der Waals surface area contributed by atoms with Gasteiger partial charge in [0.25, 0.3) is 20.2 Å². The quantitative estimate of drug-likeness (QED) is 0.268. The molecule has 194 valence electrons. The van der Waals surface area contributed by atoms with Gasteiger partial charge in [-0.25, -0.2) is 12.6 Å². The second-order valence-electron chi connectivity index (χ2n) is 6.87. The van der Waals surface area contributed by atoms with Crippen molar-refractivity contribution >= 4 is 57.5 Å². The van der Waals surface area contributed by atoms with Gasteiger partial charge in [0.2, 0.25) is 0 Å². The van der Waals surface area contributed by atoms with Crippen LogP contribution in [0.25, 0.3) is 0 Å². The van der Waals surface area contributed by atoms with E-state index in [1.807, 2.05) is 0 Å². The minimum Gasteiger partial charge on any atom is -0.376 e. The normalized spacial score (nSPS) is 13.3. The first-order valence-electron chi connectivity index (χ1n) is 8.98. The number of hydrogen-bond donors (Lipinski definition) is 3. The van der Waals surface area contributed by atoms with Gasteiger partial charge in [0.05, 0.1) is 22.9 Å². The number of anilines is 1. The van der Waals surface area contributed by atoms with Gasteiger partial charge in [-0.15, -0.1) is 10.2 Å². The second kappa shape index (κ2) is 10.2. The van der Waals surface area contributed by atoms with Crippen molar-refractivity contribution in [1.82, 2.24) is 0 Å². The van der Waals surface area contributed by atoms with Crippen LogP contribution in [0.4, 0.5) is 17.1 Å². The first-order valence-corrected chi connectivity index (χ1v) is 14.9. The molecule has 0 spiro atoms. The Hall–Kier alpha value is -2.52. The fraction of sp³-hybridized carbons (Fsp3) is 0.250. The highest BCUT2D eigenvalue weighted by Gasteiger charge is 2.23. The summed E-state index contributed by atoms with van der Waals surface area (Å²) in [4.78, 5) is -0.756. The molecule has 0 unspecified atom stereocenters. The third-order valence-electron chi connectivity index (χ3n) is 4.15. The minimum atomic E-state index is -4.97. The molecular weight excluding hydrogens is 554 g/mol. The largest absolute Gasteiger partial charge is 0.397 e. The van der Waals surface area contributed by atoms with Crippen molar-refractivity contribution in [1.29, 1.82) is 0 Å². The molecule has 0 atom stereocenters. The molecule has 2 rings (SSSR count). The van der Waals surface area contributed by atoms with Gasteiger partial charge in [-0.1, -0.05) is 6.07 Å². The van der Waals surface area contributed by atoms with E-state index in [9.17, 15) is 42.8 Å². The first-order chi connectivity index (χ1) is 15.8. The molecule has 0 saturated heterocycles. The predicted octanol–water partition coefficient (Wildman–Crippen LogP) is 1.25. The highest BCUT2D eigenvalue weighted by atomic mass is 32.3. The molecule has 0 fully saturated rings. The molecule has 3 N–H and O–H groups in total. The smallest absolute Gasteiger partial charge is 0.376 e. The van der Waals surface area contributed by atoms with Crippen LogP contribution in [0.5, 0.6) is 0 Å². The zero-order valence-electron chi connectivity index (χ0n) is 17.9. The number of nitrogens with zero attached hydrogens (tertiary/aromatic N) is 3. The van der Waals surface area contributed by atoms with E-state index in [0.717, 1.165) is 12.1 Å². The molecule has 0 radical (unpaired) electrons. The third-order valence-corrected chi connectivity index (χ3v) is 8.07. The summed E-state index contributed by atoms with van der Waals surface area (Å²) in [5.74, 6) is -0.953. The lowest BCUT2D eigenvalue weighted by Crippen LogP contribution is -2.15. The van der Waals surface area contributed by atoms with E-state index in [-0.39, 0.29) is 5.69 Å². The molecule has 0 bridgehead atoms. The third kappa shape index (κ3) is 7.73. The number of rotatable bonds is 10. The maximum atomic E-state index is 12.5. The van der Waals surface area contributed by atoms with Gasteiger partial charge >= 0.3 is 10.4 Å². The predicted molar refractivity (Wildman–Crippen MR) is 121 cm³/mol. The van der Waals surface area contributed by atoms with E-state index in [2.05, 4.69) is 14.4 Å². The summed E-state index contributed by atoms with van der Waals surface area (Å²) in [6.07, 6.45) is 0. The zero-order chi connectivity index (χ0) is 26.8. The molecule has 0 heterocycles. The Kier molecular flexibility index (Phi) is 8.39. The average Bonchev–Trinajstić information content (AvgIpc) is 2.69. The van der Waals surface area contributed by atoms with Crippen LogP contribution in [-0.2, 0) is 44.7 Å². The Morgan fingerprint density at radius 1 is 0.829 bits per heavy atom. The number of sulfone groups is 1. The average molecular weight is 574 g/mol. The van der Waals surface area contributed by atoms with Crippen LogP contribution in [0, 0.1) is 0 Å². The van der Waals surface area contributed by atoms with Crippen molar-refractivity contribution < 1.29 is 51.5 Å².